The molecule has 0 aromatic heterocycles. The summed E-state index contributed by atoms with van der Waals surface area (Å²) >= 11 is 6.27. The lowest BCUT2D eigenvalue weighted by molar-refractivity contribution is 0.178. The van der Waals surface area contributed by atoms with Crippen LogP contribution >= 0.6 is 11.6 Å². The fourth-order valence-corrected chi connectivity index (χ4v) is 2.80. The van der Waals surface area contributed by atoms with Crippen molar-refractivity contribution in [1.82, 2.24) is 4.90 Å². The average molecular weight is 268 g/mol. The van der Waals surface area contributed by atoms with Crippen molar-refractivity contribution >= 4 is 11.6 Å². The Bertz CT molecular complexity index is 407. The summed E-state index contributed by atoms with van der Waals surface area (Å²) in [5, 5.41) is 0.334. The summed E-state index contributed by atoms with van der Waals surface area (Å²) in [4.78, 5) is 2.47. The van der Waals surface area contributed by atoms with Gasteiger partial charge in [0, 0.05) is 24.0 Å². The highest BCUT2D eigenvalue weighted by atomic mass is 35.5. The van der Waals surface area contributed by atoms with Crippen molar-refractivity contribution in [3.8, 4) is 5.75 Å². The molecule has 100 valence electrons. The molecule has 1 aliphatic rings. The third-order valence-corrected chi connectivity index (χ3v) is 4.36. The highest BCUT2D eigenvalue weighted by Gasteiger charge is 2.24. The third kappa shape index (κ3) is 3.18. The van der Waals surface area contributed by atoms with Gasteiger partial charge in [0.2, 0.25) is 0 Å². The SMILES string of the molecule is COc1ccc(C)cc1CN1CCC(Cl)C(C)C1. The van der Waals surface area contributed by atoms with E-state index in [4.69, 9.17) is 16.3 Å². The number of benzene rings is 1. The second kappa shape index (κ2) is 5.94. The summed E-state index contributed by atoms with van der Waals surface area (Å²) in [7, 11) is 1.74. The molecule has 2 atom stereocenters. The van der Waals surface area contributed by atoms with Gasteiger partial charge in [-0.3, -0.25) is 4.90 Å². The Morgan fingerprint density at radius 1 is 1.44 bits per heavy atom. The Balaban J connectivity index is 2.07. The zero-order chi connectivity index (χ0) is 13.1. The van der Waals surface area contributed by atoms with Gasteiger partial charge in [0.1, 0.15) is 5.75 Å². The van der Waals surface area contributed by atoms with Gasteiger partial charge in [-0.05, 0) is 31.9 Å². The van der Waals surface area contributed by atoms with Gasteiger partial charge in [0.15, 0.2) is 0 Å². The Labute approximate surface area is 115 Å². The molecule has 18 heavy (non-hydrogen) atoms. The van der Waals surface area contributed by atoms with E-state index in [0.29, 0.717) is 11.3 Å². The molecule has 2 unspecified atom stereocenters. The normalized spacial score (nSPS) is 25.1. The Morgan fingerprint density at radius 3 is 2.89 bits per heavy atom. The second-order valence-electron chi connectivity index (χ2n) is 5.33. The van der Waals surface area contributed by atoms with E-state index < -0.39 is 0 Å². The summed E-state index contributed by atoms with van der Waals surface area (Å²) < 4.78 is 5.44. The quantitative estimate of drug-likeness (QED) is 0.778. The predicted molar refractivity (Wildman–Crippen MR) is 76.4 cm³/mol. The van der Waals surface area contributed by atoms with Gasteiger partial charge in [0.25, 0.3) is 0 Å². The number of nitrogens with zero attached hydrogens (tertiary/aromatic N) is 1. The summed E-state index contributed by atoms with van der Waals surface area (Å²) in [6.07, 6.45) is 1.08. The molecule has 0 amide bonds. The minimum Gasteiger partial charge on any atom is -0.496 e. The van der Waals surface area contributed by atoms with Crippen LogP contribution in [0.2, 0.25) is 0 Å². The van der Waals surface area contributed by atoms with Crippen LogP contribution in [-0.2, 0) is 6.54 Å². The van der Waals surface area contributed by atoms with E-state index in [0.717, 1.165) is 31.8 Å². The molecule has 2 rings (SSSR count). The molecule has 0 radical (unpaired) electrons. The maximum absolute atomic E-state index is 6.27. The first-order valence-electron chi connectivity index (χ1n) is 6.60. The van der Waals surface area contributed by atoms with E-state index in [-0.39, 0.29) is 0 Å². The molecule has 1 fully saturated rings. The number of alkyl halides is 1. The molecule has 1 aromatic carbocycles. The molecule has 0 bridgehead atoms. The van der Waals surface area contributed by atoms with Crippen LogP contribution in [0.3, 0.4) is 0 Å². The highest BCUT2D eigenvalue weighted by molar-refractivity contribution is 6.20. The van der Waals surface area contributed by atoms with E-state index in [1.54, 1.807) is 7.11 Å². The van der Waals surface area contributed by atoms with Gasteiger partial charge in [-0.25, -0.2) is 0 Å². The van der Waals surface area contributed by atoms with Crippen LogP contribution in [0, 0.1) is 12.8 Å². The van der Waals surface area contributed by atoms with Crippen LogP contribution < -0.4 is 4.74 Å². The van der Waals surface area contributed by atoms with Crippen molar-refractivity contribution in [1.29, 1.82) is 0 Å². The van der Waals surface area contributed by atoms with Gasteiger partial charge in [0.05, 0.1) is 7.11 Å². The first kappa shape index (κ1) is 13.7. The first-order chi connectivity index (χ1) is 8.60. The molecule has 0 aliphatic carbocycles. The maximum Gasteiger partial charge on any atom is 0.123 e. The van der Waals surface area contributed by atoms with Gasteiger partial charge in [-0.1, -0.05) is 24.6 Å². The summed E-state index contributed by atoms with van der Waals surface area (Å²) in [6, 6.07) is 6.37. The fourth-order valence-electron chi connectivity index (χ4n) is 2.62. The summed E-state index contributed by atoms with van der Waals surface area (Å²) in [5.74, 6) is 1.55. The van der Waals surface area contributed by atoms with Gasteiger partial charge in [-0.15, -0.1) is 11.6 Å². The van der Waals surface area contributed by atoms with E-state index in [2.05, 4.69) is 36.9 Å². The summed E-state index contributed by atoms with van der Waals surface area (Å²) in [6.45, 7) is 7.47. The molecule has 0 spiro atoms. The largest absolute Gasteiger partial charge is 0.496 e. The fraction of sp³-hybridized carbons (Fsp3) is 0.600. The lowest BCUT2D eigenvalue weighted by Gasteiger charge is -2.34. The molecular weight excluding hydrogens is 246 g/mol. The molecule has 0 N–H and O–H groups in total. The highest BCUT2D eigenvalue weighted by Crippen LogP contribution is 2.26. The topological polar surface area (TPSA) is 12.5 Å². The average Bonchev–Trinajstić information content (AvgIpc) is 2.34. The number of ether oxygens (including phenoxy) is 1. The molecule has 2 nitrogen and oxygen atoms in total. The standard InChI is InChI=1S/C15H22ClNO/c1-11-4-5-15(18-3)13(8-11)10-17-7-6-14(16)12(2)9-17/h4-5,8,12,14H,6-7,9-10H2,1-3H3. The molecule has 0 saturated carbocycles. The van der Waals surface area contributed by atoms with Crippen molar-refractivity contribution in [2.75, 3.05) is 20.2 Å². The number of halogens is 1. The number of aryl methyl sites for hydroxylation is 1. The minimum atomic E-state index is 0.334. The van der Waals surface area contributed by atoms with Crippen LogP contribution in [-0.4, -0.2) is 30.5 Å². The van der Waals surface area contributed by atoms with Gasteiger partial charge >= 0.3 is 0 Å². The van der Waals surface area contributed by atoms with E-state index in [9.17, 15) is 0 Å². The zero-order valence-electron chi connectivity index (χ0n) is 11.4. The monoisotopic (exact) mass is 267 g/mol. The number of methoxy groups -OCH3 is 1. The van der Waals surface area contributed by atoms with E-state index in [1.165, 1.54) is 11.1 Å². The Hall–Kier alpha value is -0.730. The third-order valence-electron chi connectivity index (χ3n) is 3.71. The lowest BCUT2D eigenvalue weighted by Crippen LogP contribution is -2.39. The van der Waals surface area contributed by atoms with Crippen molar-refractivity contribution in [3.05, 3.63) is 29.3 Å². The molecular formula is C15H22ClNO. The smallest absolute Gasteiger partial charge is 0.123 e. The minimum absolute atomic E-state index is 0.334. The maximum atomic E-state index is 6.27. The predicted octanol–water partition coefficient (Wildman–Crippen LogP) is 3.45. The molecule has 1 heterocycles. The lowest BCUT2D eigenvalue weighted by atomic mass is 9.99. The summed E-state index contributed by atoms with van der Waals surface area (Å²) in [5.41, 5.74) is 2.56. The second-order valence-corrected chi connectivity index (χ2v) is 5.89. The van der Waals surface area contributed by atoms with E-state index in [1.807, 2.05) is 0 Å². The molecule has 3 heteroatoms. The Kier molecular flexibility index (Phi) is 4.52. The number of rotatable bonds is 3. The van der Waals surface area contributed by atoms with Crippen molar-refractivity contribution < 1.29 is 4.74 Å². The van der Waals surface area contributed by atoms with Gasteiger partial charge < -0.3 is 4.74 Å². The van der Waals surface area contributed by atoms with Crippen molar-refractivity contribution in [3.63, 3.8) is 0 Å². The number of hydrogen-bond acceptors (Lipinski definition) is 2. The number of hydrogen-bond donors (Lipinski definition) is 0. The zero-order valence-corrected chi connectivity index (χ0v) is 12.2. The molecule has 1 aliphatic heterocycles. The number of piperidine rings is 1. The van der Waals surface area contributed by atoms with Crippen LogP contribution in [0.1, 0.15) is 24.5 Å². The Morgan fingerprint density at radius 2 is 2.22 bits per heavy atom. The van der Waals surface area contributed by atoms with Crippen LogP contribution in [0.15, 0.2) is 18.2 Å². The number of likely N-dealkylation sites (tertiary alicyclic amines) is 1. The molecule has 1 saturated heterocycles. The van der Waals surface area contributed by atoms with Crippen molar-refractivity contribution in [2.45, 2.75) is 32.2 Å². The first-order valence-corrected chi connectivity index (χ1v) is 7.03. The molecule has 1 aromatic rings. The van der Waals surface area contributed by atoms with Crippen LogP contribution in [0.5, 0.6) is 5.75 Å². The van der Waals surface area contributed by atoms with Crippen molar-refractivity contribution in [2.24, 2.45) is 5.92 Å². The van der Waals surface area contributed by atoms with Crippen LogP contribution in [0.25, 0.3) is 0 Å². The van der Waals surface area contributed by atoms with E-state index >= 15 is 0 Å². The van der Waals surface area contributed by atoms with Gasteiger partial charge in [-0.2, -0.15) is 0 Å². The van der Waals surface area contributed by atoms with Crippen LogP contribution in [0.4, 0.5) is 0 Å².